The van der Waals surface area contributed by atoms with Gasteiger partial charge in [-0.2, -0.15) is 3.71 Å². The SMILES string of the molecule is CS(=O)(=O)N(c1cc(-c2c(F)c(F)c(F)c(F)c2F)c(F)cc1Cl)S(C)(=O)=O. The number of halogens is 7. The predicted octanol–water partition coefficient (Wildman–Crippen LogP) is 3.57. The van der Waals surface area contributed by atoms with Crippen molar-refractivity contribution in [2.75, 3.05) is 16.2 Å². The average molecular weight is 468 g/mol. The van der Waals surface area contributed by atoms with E-state index in [9.17, 15) is 43.2 Å². The van der Waals surface area contributed by atoms with Gasteiger partial charge in [-0.05, 0) is 12.1 Å². The van der Waals surface area contributed by atoms with Crippen LogP contribution in [0.1, 0.15) is 0 Å². The van der Waals surface area contributed by atoms with Gasteiger partial charge in [0, 0.05) is 5.56 Å². The zero-order chi connectivity index (χ0) is 21.8. The maximum atomic E-state index is 14.2. The topological polar surface area (TPSA) is 71.5 Å². The van der Waals surface area contributed by atoms with Gasteiger partial charge in [-0.3, -0.25) is 0 Å². The number of nitrogens with zero attached hydrogens (tertiary/aromatic N) is 1. The first-order valence-electron chi connectivity index (χ1n) is 6.80. The number of benzene rings is 2. The summed E-state index contributed by atoms with van der Waals surface area (Å²) < 4.78 is 129. The maximum Gasteiger partial charge on any atom is 0.245 e. The van der Waals surface area contributed by atoms with Crippen molar-refractivity contribution in [1.29, 1.82) is 0 Å². The molecule has 0 saturated heterocycles. The van der Waals surface area contributed by atoms with E-state index in [-0.39, 0.29) is 15.8 Å². The zero-order valence-electron chi connectivity index (χ0n) is 13.7. The molecule has 14 heteroatoms. The van der Waals surface area contributed by atoms with Crippen molar-refractivity contribution in [3.8, 4) is 11.1 Å². The highest BCUT2D eigenvalue weighted by Crippen LogP contribution is 2.39. The highest BCUT2D eigenvalue weighted by atomic mass is 35.5. The van der Waals surface area contributed by atoms with Crippen molar-refractivity contribution >= 4 is 37.3 Å². The normalized spacial score (nSPS) is 12.3. The quantitative estimate of drug-likeness (QED) is 0.391. The van der Waals surface area contributed by atoms with E-state index in [1.807, 2.05) is 0 Å². The Labute approximate surface area is 160 Å². The molecule has 0 aliphatic carbocycles. The molecule has 0 amide bonds. The van der Waals surface area contributed by atoms with E-state index in [1.165, 1.54) is 0 Å². The minimum atomic E-state index is -4.61. The summed E-state index contributed by atoms with van der Waals surface area (Å²) in [5.74, 6) is -13.7. The van der Waals surface area contributed by atoms with Crippen molar-refractivity contribution in [3.63, 3.8) is 0 Å². The van der Waals surface area contributed by atoms with Crippen LogP contribution in [0, 0.1) is 34.9 Å². The largest absolute Gasteiger partial charge is 0.245 e. The van der Waals surface area contributed by atoms with Gasteiger partial charge in [-0.25, -0.2) is 43.2 Å². The van der Waals surface area contributed by atoms with Gasteiger partial charge in [0.05, 0.1) is 28.8 Å². The minimum Gasteiger partial charge on any atom is -0.206 e. The van der Waals surface area contributed by atoms with Crippen molar-refractivity contribution in [3.05, 3.63) is 52.1 Å². The van der Waals surface area contributed by atoms with Gasteiger partial charge in [0.25, 0.3) is 0 Å². The lowest BCUT2D eigenvalue weighted by molar-refractivity contribution is 0.381. The van der Waals surface area contributed by atoms with E-state index < -0.39 is 76.8 Å². The number of anilines is 1. The van der Waals surface area contributed by atoms with Crippen molar-refractivity contribution in [2.45, 2.75) is 0 Å². The molecular formula is C14H8ClF6NO4S2. The molecule has 2 aromatic carbocycles. The summed E-state index contributed by atoms with van der Waals surface area (Å²) in [5, 5.41) is -0.819. The summed E-state index contributed by atoms with van der Waals surface area (Å²) in [5.41, 5.74) is -4.01. The Morgan fingerprint density at radius 2 is 1.14 bits per heavy atom. The van der Waals surface area contributed by atoms with Gasteiger partial charge in [0.1, 0.15) is 5.82 Å². The van der Waals surface area contributed by atoms with Crippen LogP contribution in [0.5, 0.6) is 0 Å². The van der Waals surface area contributed by atoms with Crippen LogP contribution >= 0.6 is 11.6 Å². The van der Waals surface area contributed by atoms with Crippen LogP contribution in [0.3, 0.4) is 0 Å². The van der Waals surface area contributed by atoms with Crippen molar-refractivity contribution in [2.24, 2.45) is 0 Å². The molecule has 0 N–H and O–H groups in total. The summed E-state index contributed by atoms with van der Waals surface area (Å²) in [7, 11) is -9.22. The standard InChI is InChI=1S/C14H8ClF6NO4S2/c1-27(23,24)22(28(2,25)26)8-3-5(7(16)4-6(8)15)9-10(17)12(19)14(21)13(20)11(9)18/h3-4H,1-2H3. The number of hydrogen-bond acceptors (Lipinski definition) is 4. The number of sulfonamides is 2. The molecule has 2 aromatic rings. The molecule has 5 nitrogen and oxygen atoms in total. The molecule has 0 aliphatic rings. The Kier molecular flexibility index (Phi) is 5.67. The molecule has 0 radical (unpaired) electrons. The first kappa shape index (κ1) is 22.3. The lowest BCUT2D eigenvalue weighted by atomic mass is 10.0. The molecule has 0 aromatic heterocycles. The summed E-state index contributed by atoms with van der Waals surface area (Å²) in [6, 6.07) is 0.520. The van der Waals surface area contributed by atoms with Crippen LogP contribution in [0.15, 0.2) is 12.1 Å². The van der Waals surface area contributed by atoms with E-state index in [2.05, 4.69) is 0 Å². The fourth-order valence-corrected chi connectivity index (χ4v) is 5.63. The molecule has 0 fully saturated rings. The van der Waals surface area contributed by atoms with E-state index in [1.54, 1.807) is 0 Å². The fourth-order valence-electron chi connectivity index (χ4n) is 2.31. The van der Waals surface area contributed by atoms with Crippen LogP contribution in [0.2, 0.25) is 5.02 Å². The van der Waals surface area contributed by atoms with Crippen LogP contribution in [0.4, 0.5) is 32.0 Å². The van der Waals surface area contributed by atoms with Crippen LogP contribution < -0.4 is 3.71 Å². The summed E-state index contributed by atoms with van der Waals surface area (Å²) >= 11 is 5.66. The van der Waals surface area contributed by atoms with Crippen molar-refractivity contribution in [1.82, 2.24) is 0 Å². The summed E-state index contributed by atoms with van der Waals surface area (Å²) in [4.78, 5) is 0. The van der Waals surface area contributed by atoms with Gasteiger partial charge in [0.15, 0.2) is 23.3 Å². The van der Waals surface area contributed by atoms with Crippen LogP contribution in [-0.2, 0) is 20.0 Å². The molecule has 0 spiro atoms. The number of hydrogen-bond donors (Lipinski definition) is 0. The van der Waals surface area contributed by atoms with Gasteiger partial charge in [-0.1, -0.05) is 11.6 Å². The second kappa shape index (κ2) is 7.12. The second-order valence-electron chi connectivity index (χ2n) is 5.45. The van der Waals surface area contributed by atoms with E-state index in [0.29, 0.717) is 12.5 Å². The van der Waals surface area contributed by atoms with Crippen LogP contribution in [-0.4, -0.2) is 29.3 Å². The van der Waals surface area contributed by atoms with E-state index >= 15 is 0 Å². The van der Waals surface area contributed by atoms with Crippen LogP contribution in [0.25, 0.3) is 11.1 Å². The molecule has 28 heavy (non-hydrogen) atoms. The Hall–Kier alpha value is -1.99. The first-order chi connectivity index (χ1) is 12.6. The maximum absolute atomic E-state index is 14.2. The van der Waals surface area contributed by atoms with E-state index in [4.69, 9.17) is 11.6 Å². The molecule has 0 atom stereocenters. The Morgan fingerprint density at radius 1 is 0.750 bits per heavy atom. The smallest absolute Gasteiger partial charge is 0.206 e. The lowest BCUT2D eigenvalue weighted by Crippen LogP contribution is -2.35. The Balaban J connectivity index is 2.98. The highest BCUT2D eigenvalue weighted by molar-refractivity contribution is 8.09. The first-order valence-corrected chi connectivity index (χ1v) is 10.9. The molecule has 0 unspecified atom stereocenters. The molecule has 0 bridgehead atoms. The third-order valence-electron chi connectivity index (χ3n) is 3.31. The molecule has 154 valence electrons. The highest BCUT2D eigenvalue weighted by Gasteiger charge is 2.33. The van der Waals surface area contributed by atoms with Crippen molar-refractivity contribution < 1.29 is 43.2 Å². The molecule has 0 aliphatic heterocycles. The molecular weight excluding hydrogens is 460 g/mol. The molecule has 0 saturated carbocycles. The average Bonchev–Trinajstić information content (AvgIpc) is 2.52. The second-order valence-corrected chi connectivity index (χ2v) is 9.75. The van der Waals surface area contributed by atoms with Gasteiger partial charge >= 0.3 is 0 Å². The predicted molar refractivity (Wildman–Crippen MR) is 88.8 cm³/mol. The Morgan fingerprint density at radius 3 is 1.54 bits per heavy atom. The molecule has 2 rings (SSSR count). The van der Waals surface area contributed by atoms with Gasteiger partial charge in [0.2, 0.25) is 25.9 Å². The molecule has 0 heterocycles. The minimum absolute atomic E-state index is 0.248. The Bertz CT molecular complexity index is 1140. The summed E-state index contributed by atoms with van der Waals surface area (Å²) in [6.07, 6.45) is 0.873. The third kappa shape index (κ3) is 3.78. The number of rotatable bonds is 4. The summed E-state index contributed by atoms with van der Waals surface area (Å²) in [6.45, 7) is 0. The van der Waals surface area contributed by atoms with Gasteiger partial charge in [-0.15, -0.1) is 0 Å². The third-order valence-corrected chi connectivity index (χ3v) is 6.84. The van der Waals surface area contributed by atoms with Gasteiger partial charge < -0.3 is 0 Å². The fraction of sp³-hybridized carbons (Fsp3) is 0.143. The zero-order valence-corrected chi connectivity index (χ0v) is 16.1. The monoisotopic (exact) mass is 467 g/mol. The lowest BCUT2D eigenvalue weighted by Gasteiger charge is -2.22. The van der Waals surface area contributed by atoms with E-state index in [0.717, 1.165) is 0 Å².